The highest BCUT2D eigenvalue weighted by Crippen LogP contribution is 2.19. The highest BCUT2D eigenvalue weighted by atomic mass is 16.3. The van der Waals surface area contributed by atoms with Crippen LogP contribution in [0.4, 0.5) is 0 Å². The Kier molecular flexibility index (Phi) is 3.52. The zero-order valence-electron chi connectivity index (χ0n) is 12.2. The van der Waals surface area contributed by atoms with E-state index in [9.17, 15) is 4.79 Å². The van der Waals surface area contributed by atoms with Gasteiger partial charge < -0.3 is 14.3 Å². The normalized spacial score (nSPS) is 11.0. The van der Waals surface area contributed by atoms with Crippen molar-refractivity contribution in [2.45, 2.75) is 19.9 Å². The lowest BCUT2D eigenvalue weighted by atomic mass is 10.1. The van der Waals surface area contributed by atoms with Gasteiger partial charge in [-0.2, -0.15) is 0 Å². The zero-order chi connectivity index (χ0) is 14.8. The molecule has 1 amide bonds. The maximum atomic E-state index is 12.4. The molecule has 2 aromatic heterocycles. The first-order valence-corrected chi connectivity index (χ1v) is 6.97. The van der Waals surface area contributed by atoms with E-state index in [2.05, 4.69) is 4.98 Å². The van der Waals surface area contributed by atoms with Gasteiger partial charge in [0.1, 0.15) is 5.76 Å². The number of carbonyl (C=O) groups excluding carboxylic acids is 1. The van der Waals surface area contributed by atoms with Gasteiger partial charge in [0.25, 0.3) is 0 Å². The summed E-state index contributed by atoms with van der Waals surface area (Å²) in [5.74, 6) is 0.960. The molecule has 0 aliphatic heterocycles. The quantitative estimate of drug-likeness (QED) is 0.798. The van der Waals surface area contributed by atoms with Crippen molar-refractivity contribution in [1.82, 2.24) is 9.88 Å². The van der Waals surface area contributed by atoms with E-state index in [-0.39, 0.29) is 5.91 Å². The maximum Gasteiger partial charge on any atom is 0.227 e. The summed E-state index contributed by atoms with van der Waals surface area (Å²) in [6, 6.07) is 9.93. The summed E-state index contributed by atoms with van der Waals surface area (Å²) < 4.78 is 5.27. The third-order valence-electron chi connectivity index (χ3n) is 3.82. The van der Waals surface area contributed by atoms with E-state index in [0.29, 0.717) is 13.0 Å². The van der Waals surface area contributed by atoms with Gasteiger partial charge in [0.15, 0.2) is 0 Å². The number of hydrogen-bond acceptors (Lipinski definition) is 2. The second-order valence-electron chi connectivity index (χ2n) is 5.29. The first-order chi connectivity index (χ1) is 10.1. The number of likely N-dealkylation sites (N-methyl/N-ethyl adjacent to an activating group) is 1. The minimum atomic E-state index is 0.0975. The van der Waals surface area contributed by atoms with Gasteiger partial charge in [-0.15, -0.1) is 0 Å². The van der Waals surface area contributed by atoms with Crippen molar-refractivity contribution in [3.8, 4) is 0 Å². The molecule has 0 bridgehead atoms. The number of aromatic nitrogens is 1. The molecule has 0 atom stereocenters. The second-order valence-corrected chi connectivity index (χ2v) is 5.29. The molecule has 0 unspecified atom stereocenters. The first kappa shape index (κ1) is 13.5. The minimum Gasteiger partial charge on any atom is -0.469 e. The van der Waals surface area contributed by atoms with Crippen LogP contribution in [0.1, 0.15) is 16.9 Å². The fourth-order valence-corrected chi connectivity index (χ4v) is 2.49. The number of furan rings is 1. The van der Waals surface area contributed by atoms with Gasteiger partial charge in [-0.3, -0.25) is 4.79 Å². The number of carbonyl (C=O) groups is 1. The Labute approximate surface area is 123 Å². The average Bonchev–Trinajstić information content (AvgIpc) is 3.07. The van der Waals surface area contributed by atoms with Crippen molar-refractivity contribution < 1.29 is 9.21 Å². The van der Waals surface area contributed by atoms with Crippen molar-refractivity contribution in [1.29, 1.82) is 0 Å². The van der Waals surface area contributed by atoms with Crippen LogP contribution in [0, 0.1) is 6.92 Å². The van der Waals surface area contributed by atoms with Crippen LogP contribution in [0.15, 0.2) is 47.2 Å². The summed E-state index contributed by atoms with van der Waals surface area (Å²) >= 11 is 0. The number of aryl methyl sites for hydroxylation is 1. The van der Waals surface area contributed by atoms with E-state index < -0.39 is 0 Å². The van der Waals surface area contributed by atoms with Crippen LogP contribution in [0.2, 0.25) is 0 Å². The number of fused-ring (bicyclic) bond motifs is 1. The highest BCUT2D eigenvalue weighted by molar-refractivity contribution is 5.88. The molecule has 3 aromatic rings. The molecule has 0 fully saturated rings. The number of benzene rings is 1. The number of rotatable bonds is 4. The molecule has 0 radical (unpaired) electrons. The zero-order valence-corrected chi connectivity index (χ0v) is 12.2. The molecule has 4 nitrogen and oxygen atoms in total. The predicted octanol–water partition coefficient (Wildman–Crippen LogP) is 3.27. The molecule has 21 heavy (non-hydrogen) atoms. The summed E-state index contributed by atoms with van der Waals surface area (Å²) in [4.78, 5) is 17.3. The van der Waals surface area contributed by atoms with Gasteiger partial charge in [-0.25, -0.2) is 0 Å². The molecular weight excluding hydrogens is 264 g/mol. The van der Waals surface area contributed by atoms with E-state index in [1.54, 1.807) is 11.2 Å². The van der Waals surface area contributed by atoms with Crippen molar-refractivity contribution in [2.75, 3.05) is 7.05 Å². The first-order valence-electron chi connectivity index (χ1n) is 6.97. The van der Waals surface area contributed by atoms with Crippen molar-refractivity contribution in [3.63, 3.8) is 0 Å². The van der Waals surface area contributed by atoms with E-state index in [4.69, 9.17) is 4.42 Å². The number of nitrogens with zero attached hydrogens (tertiary/aromatic N) is 1. The van der Waals surface area contributed by atoms with Crippen LogP contribution in [-0.4, -0.2) is 22.8 Å². The van der Waals surface area contributed by atoms with Gasteiger partial charge >= 0.3 is 0 Å². The molecule has 0 saturated heterocycles. The molecule has 0 saturated carbocycles. The summed E-state index contributed by atoms with van der Waals surface area (Å²) in [5, 5.41) is 1.11. The van der Waals surface area contributed by atoms with Gasteiger partial charge in [-0.05, 0) is 24.6 Å². The largest absolute Gasteiger partial charge is 0.469 e. The van der Waals surface area contributed by atoms with E-state index >= 15 is 0 Å². The summed E-state index contributed by atoms with van der Waals surface area (Å²) in [6.45, 7) is 2.48. The molecule has 0 aliphatic carbocycles. The number of H-pyrrole nitrogens is 1. The average molecular weight is 282 g/mol. The Morgan fingerprint density at radius 1 is 1.24 bits per heavy atom. The second kappa shape index (κ2) is 5.48. The number of nitrogens with one attached hydrogen (secondary N) is 1. The molecule has 1 aromatic carbocycles. The fraction of sp³-hybridized carbons (Fsp3) is 0.235. The number of para-hydroxylation sites is 1. The Bertz CT molecular complexity index is 770. The van der Waals surface area contributed by atoms with Crippen molar-refractivity contribution in [3.05, 3.63) is 59.7 Å². The number of hydrogen-bond donors (Lipinski definition) is 1. The summed E-state index contributed by atoms with van der Waals surface area (Å²) in [5.41, 5.74) is 3.14. The lowest BCUT2D eigenvalue weighted by molar-refractivity contribution is -0.129. The van der Waals surface area contributed by atoms with E-state index in [1.807, 2.05) is 50.5 Å². The SMILES string of the molecule is Cc1occc1CN(C)C(=O)Cc1c[nH]c2ccccc12. The third kappa shape index (κ3) is 2.70. The Hall–Kier alpha value is -2.49. The van der Waals surface area contributed by atoms with E-state index in [0.717, 1.165) is 27.8 Å². The lowest BCUT2D eigenvalue weighted by Gasteiger charge is -2.16. The fourth-order valence-electron chi connectivity index (χ4n) is 2.49. The lowest BCUT2D eigenvalue weighted by Crippen LogP contribution is -2.27. The standard InChI is InChI=1S/C17H18N2O2/c1-12-13(7-8-21-12)11-19(2)17(20)9-14-10-18-16-6-4-3-5-15(14)16/h3-8,10,18H,9,11H2,1-2H3. The highest BCUT2D eigenvalue weighted by Gasteiger charge is 2.14. The van der Waals surface area contributed by atoms with Crippen molar-refractivity contribution in [2.24, 2.45) is 0 Å². The minimum absolute atomic E-state index is 0.0975. The van der Waals surface area contributed by atoms with Gasteiger partial charge in [0, 0.05) is 36.3 Å². The van der Waals surface area contributed by atoms with Crippen LogP contribution in [0.25, 0.3) is 10.9 Å². The molecule has 108 valence electrons. The third-order valence-corrected chi connectivity index (χ3v) is 3.82. The molecule has 0 spiro atoms. The van der Waals surface area contributed by atoms with E-state index in [1.165, 1.54) is 0 Å². The maximum absolute atomic E-state index is 12.4. The van der Waals surface area contributed by atoms with Gasteiger partial charge in [0.2, 0.25) is 5.91 Å². The number of aromatic amines is 1. The Morgan fingerprint density at radius 3 is 2.81 bits per heavy atom. The van der Waals surface area contributed by atoms with Crippen LogP contribution in [-0.2, 0) is 17.8 Å². The molecular formula is C17H18N2O2. The molecule has 2 heterocycles. The monoisotopic (exact) mass is 282 g/mol. The van der Waals surface area contributed by atoms with Crippen LogP contribution in [0.3, 0.4) is 0 Å². The molecule has 0 aliphatic rings. The van der Waals surface area contributed by atoms with Crippen LogP contribution >= 0.6 is 0 Å². The Morgan fingerprint density at radius 2 is 2.05 bits per heavy atom. The van der Waals surface area contributed by atoms with Gasteiger partial charge in [-0.1, -0.05) is 18.2 Å². The predicted molar refractivity (Wildman–Crippen MR) is 81.9 cm³/mol. The smallest absolute Gasteiger partial charge is 0.227 e. The molecule has 1 N–H and O–H groups in total. The van der Waals surface area contributed by atoms with Crippen molar-refractivity contribution >= 4 is 16.8 Å². The Balaban J connectivity index is 1.72. The topological polar surface area (TPSA) is 49.2 Å². The molecule has 4 heteroatoms. The molecule has 3 rings (SSSR count). The van der Waals surface area contributed by atoms with Gasteiger partial charge in [0.05, 0.1) is 12.7 Å². The number of amides is 1. The van der Waals surface area contributed by atoms with Crippen LogP contribution < -0.4 is 0 Å². The summed E-state index contributed by atoms with van der Waals surface area (Å²) in [6.07, 6.45) is 3.97. The van der Waals surface area contributed by atoms with Crippen LogP contribution in [0.5, 0.6) is 0 Å². The summed E-state index contributed by atoms with van der Waals surface area (Å²) in [7, 11) is 1.82.